The highest BCUT2D eigenvalue weighted by Crippen LogP contribution is 2.12. The van der Waals surface area contributed by atoms with Crippen LogP contribution in [0.4, 0.5) is 4.39 Å². The van der Waals surface area contributed by atoms with Gasteiger partial charge in [0, 0.05) is 6.42 Å². The summed E-state index contributed by atoms with van der Waals surface area (Å²) in [5.41, 5.74) is 8.92. The van der Waals surface area contributed by atoms with E-state index in [0.29, 0.717) is 18.4 Å². The lowest BCUT2D eigenvalue weighted by molar-refractivity contribution is -0.128. The zero-order valence-electron chi connectivity index (χ0n) is 13.9. The van der Waals surface area contributed by atoms with Gasteiger partial charge in [-0.1, -0.05) is 35.9 Å². The number of hydrogen-bond acceptors (Lipinski definition) is 2. The fourth-order valence-electron chi connectivity index (χ4n) is 2.41. The molecule has 0 aliphatic rings. The normalized spacial score (nSPS) is 10.3. The highest BCUT2D eigenvalue weighted by atomic mass is 19.1. The number of hydrogen-bond donors (Lipinski definition) is 2. The van der Waals surface area contributed by atoms with Gasteiger partial charge in [-0.3, -0.25) is 20.4 Å². The van der Waals surface area contributed by atoms with Crippen molar-refractivity contribution in [3.05, 3.63) is 70.5 Å². The number of nitrogens with one attached hydrogen (secondary N) is 2. The van der Waals surface area contributed by atoms with Gasteiger partial charge in [-0.15, -0.1) is 0 Å². The van der Waals surface area contributed by atoms with Gasteiger partial charge >= 0.3 is 0 Å². The van der Waals surface area contributed by atoms with Crippen molar-refractivity contribution in [2.75, 3.05) is 0 Å². The SMILES string of the molecule is Cc1ccc(CCC(=O)NNC(=O)Cc2ccc(F)cc2)c(C)c1. The Labute approximate surface area is 141 Å². The fraction of sp³-hybridized carbons (Fsp3) is 0.263. The van der Waals surface area contributed by atoms with E-state index in [0.717, 1.165) is 11.1 Å². The Bertz CT molecular complexity index is 727. The van der Waals surface area contributed by atoms with Crippen LogP contribution in [0, 0.1) is 19.7 Å². The summed E-state index contributed by atoms with van der Waals surface area (Å²) in [5, 5.41) is 0. The second kappa shape index (κ2) is 8.24. The minimum Gasteiger partial charge on any atom is -0.273 e. The maximum Gasteiger partial charge on any atom is 0.242 e. The van der Waals surface area contributed by atoms with E-state index in [2.05, 4.69) is 16.9 Å². The summed E-state index contributed by atoms with van der Waals surface area (Å²) >= 11 is 0. The minimum atomic E-state index is -0.348. The van der Waals surface area contributed by atoms with Gasteiger partial charge in [-0.2, -0.15) is 0 Å². The van der Waals surface area contributed by atoms with Gasteiger partial charge in [0.25, 0.3) is 0 Å². The summed E-state index contributed by atoms with van der Waals surface area (Å²) in [6, 6.07) is 11.8. The first-order chi connectivity index (χ1) is 11.4. The van der Waals surface area contributed by atoms with Crippen LogP contribution in [0.5, 0.6) is 0 Å². The van der Waals surface area contributed by atoms with Crippen LogP contribution < -0.4 is 10.9 Å². The largest absolute Gasteiger partial charge is 0.273 e. The van der Waals surface area contributed by atoms with E-state index >= 15 is 0 Å². The first-order valence-corrected chi connectivity index (χ1v) is 7.82. The van der Waals surface area contributed by atoms with E-state index in [9.17, 15) is 14.0 Å². The Morgan fingerprint density at radius 1 is 0.958 bits per heavy atom. The molecule has 126 valence electrons. The van der Waals surface area contributed by atoms with Crippen LogP contribution in [0.15, 0.2) is 42.5 Å². The molecule has 0 heterocycles. The van der Waals surface area contributed by atoms with Gasteiger partial charge in [0.05, 0.1) is 6.42 Å². The van der Waals surface area contributed by atoms with E-state index < -0.39 is 0 Å². The van der Waals surface area contributed by atoms with Crippen LogP contribution in [0.3, 0.4) is 0 Å². The van der Waals surface area contributed by atoms with Crippen LogP contribution in [0.25, 0.3) is 0 Å². The molecule has 0 aliphatic heterocycles. The lowest BCUT2D eigenvalue weighted by atomic mass is 10.0. The second-order valence-electron chi connectivity index (χ2n) is 5.83. The van der Waals surface area contributed by atoms with Gasteiger partial charge in [0.15, 0.2) is 0 Å². The third-order valence-electron chi connectivity index (χ3n) is 3.74. The monoisotopic (exact) mass is 328 g/mol. The molecular formula is C19H21FN2O2. The first kappa shape index (κ1) is 17.7. The average Bonchev–Trinajstić information content (AvgIpc) is 2.54. The third kappa shape index (κ3) is 5.50. The molecular weight excluding hydrogens is 307 g/mol. The quantitative estimate of drug-likeness (QED) is 0.829. The van der Waals surface area contributed by atoms with Crippen molar-refractivity contribution in [2.24, 2.45) is 0 Å². The number of rotatable bonds is 5. The van der Waals surface area contributed by atoms with Crippen LogP contribution in [0.1, 0.15) is 28.7 Å². The molecule has 0 aromatic heterocycles. The molecule has 5 heteroatoms. The zero-order chi connectivity index (χ0) is 17.5. The second-order valence-corrected chi connectivity index (χ2v) is 5.83. The van der Waals surface area contributed by atoms with E-state index in [4.69, 9.17) is 0 Å². The Morgan fingerprint density at radius 3 is 2.29 bits per heavy atom. The van der Waals surface area contributed by atoms with Crippen molar-refractivity contribution in [3.63, 3.8) is 0 Å². The van der Waals surface area contributed by atoms with Crippen LogP contribution in [0.2, 0.25) is 0 Å². The maximum atomic E-state index is 12.8. The van der Waals surface area contributed by atoms with E-state index in [-0.39, 0.29) is 24.1 Å². The van der Waals surface area contributed by atoms with Gasteiger partial charge in [0.1, 0.15) is 5.82 Å². The topological polar surface area (TPSA) is 58.2 Å². The molecule has 0 aliphatic carbocycles. The predicted octanol–water partition coefficient (Wildman–Crippen LogP) is 2.77. The first-order valence-electron chi connectivity index (χ1n) is 7.82. The summed E-state index contributed by atoms with van der Waals surface area (Å²) < 4.78 is 12.8. The number of hydrazine groups is 1. The van der Waals surface area contributed by atoms with E-state index in [1.54, 1.807) is 0 Å². The van der Waals surface area contributed by atoms with Crippen LogP contribution in [-0.2, 0) is 22.4 Å². The molecule has 2 aromatic carbocycles. The Balaban J connectivity index is 1.74. The standard InChI is InChI=1S/C19H21FN2O2/c1-13-3-6-16(14(2)11-13)7-10-18(23)21-22-19(24)12-15-4-8-17(20)9-5-15/h3-6,8-9,11H,7,10,12H2,1-2H3,(H,21,23)(H,22,24). The zero-order valence-corrected chi connectivity index (χ0v) is 13.9. The molecule has 0 saturated heterocycles. The average molecular weight is 328 g/mol. The molecule has 2 N–H and O–H groups in total. The smallest absolute Gasteiger partial charge is 0.242 e. The van der Waals surface area contributed by atoms with Crippen molar-refractivity contribution in [1.29, 1.82) is 0 Å². The summed E-state index contributed by atoms with van der Waals surface area (Å²) in [6.45, 7) is 4.05. The van der Waals surface area contributed by atoms with Crippen molar-refractivity contribution in [2.45, 2.75) is 33.1 Å². The Hall–Kier alpha value is -2.69. The Kier molecular flexibility index (Phi) is 6.07. The van der Waals surface area contributed by atoms with Crippen molar-refractivity contribution in [1.82, 2.24) is 10.9 Å². The van der Waals surface area contributed by atoms with Crippen molar-refractivity contribution < 1.29 is 14.0 Å². The molecule has 0 spiro atoms. The minimum absolute atomic E-state index is 0.0810. The molecule has 0 unspecified atom stereocenters. The highest BCUT2D eigenvalue weighted by molar-refractivity contribution is 5.83. The number of carbonyl (C=O) groups excluding carboxylic acids is 2. The molecule has 0 bridgehead atoms. The summed E-state index contributed by atoms with van der Waals surface area (Å²) in [7, 11) is 0. The number of amides is 2. The van der Waals surface area contributed by atoms with Crippen molar-refractivity contribution >= 4 is 11.8 Å². The van der Waals surface area contributed by atoms with Crippen molar-refractivity contribution in [3.8, 4) is 0 Å². The molecule has 0 atom stereocenters. The molecule has 0 radical (unpaired) electrons. The van der Waals surface area contributed by atoms with E-state index in [1.165, 1.54) is 29.8 Å². The molecule has 4 nitrogen and oxygen atoms in total. The number of benzene rings is 2. The van der Waals surface area contributed by atoms with Gasteiger partial charge in [-0.25, -0.2) is 4.39 Å². The lowest BCUT2D eigenvalue weighted by Gasteiger charge is -2.09. The van der Waals surface area contributed by atoms with Crippen LogP contribution in [-0.4, -0.2) is 11.8 Å². The predicted molar refractivity (Wildman–Crippen MR) is 90.6 cm³/mol. The molecule has 2 amide bonds. The molecule has 0 fully saturated rings. The van der Waals surface area contributed by atoms with Gasteiger partial charge < -0.3 is 0 Å². The number of carbonyl (C=O) groups is 2. The highest BCUT2D eigenvalue weighted by Gasteiger charge is 2.07. The summed E-state index contributed by atoms with van der Waals surface area (Å²) in [4.78, 5) is 23.6. The lowest BCUT2D eigenvalue weighted by Crippen LogP contribution is -2.42. The van der Waals surface area contributed by atoms with Gasteiger partial charge in [-0.05, 0) is 49.1 Å². The van der Waals surface area contributed by atoms with Crippen LogP contribution >= 0.6 is 0 Å². The summed E-state index contributed by atoms with van der Waals surface area (Å²) in [6.07, 6.45) is 0.990. The number of halogens is 1. The maximum absolute atomic E-state index is 12.8. The number of aryl methyl sites for hydroxylation is 3. The Morgan fingerprint density at radius 2 is 1.62 bits per heavy atom. The molecule has 2 aromatic rings. The molecule has 24 heavy (non-hydrogen) atoms. The van der Waals surface area contributed by atoms with E-state index in [1.807, 2.05) is 26.0 Å². The molecule has 2 rings (SSSR count). The third-order valence-corrected chi connectivity index (χ3v) is 3.74. The molecule has 0 saturated carbocycles. The fourth-order valence-corrected chi connectivity index (χ4v) is 2.41. The summed E-state index contributed by atoms with van der Waals surface area (Å²) in [5.74, 6) is -0.942. The van der Waals surface area contributed by atoms with Gasteiger partial charge in [0.2, 0.25) is 11.8 Å².